The minimum Gasteiger partial charge on any atom is -0.494 e. The zero-order valence-corrected chi connectivity index (χ0v) is 21.5. The predicted molar refractivity (Wildman–Crippen MR) is 134 cm³/mol. The van der Waals surface area contributed by atoms with Crippen LogP contribution in [0, 0.1) is 11.8 Å². The SMILES string of the molecule is CCOc1ccc(NC(=O)[C@@H]2[C@@H]3CCC4(O3)C(C(=O)NC(C)C)N(CCCCCCO)C(=O)[C@H]24)cc1. The molecule has 36 heavy (non-hydrogen) atoms. The fourth-order valence-corrected chi connectivity index (χ4v) is 6.13. The lowest BCUT2D eigenvalue weighted by Gasteiger charge is -2.34. The molecule has 3 aliphatic rings. The van der Waals surface area contributed by atoms with Gasteiger partial charge in [-0.15, -0.1) is 0 Å². The molecule has 0 aromatic heterocycles. The van der Waals surface area contributed by atoms with Crippen LogP contribution in [-0.4, -0.2) is 71.3 Å². The summed E-state index contributed by atoms with van der Waals surface area (Å²) in [6.07, 6.45) is 4.00. The third kappa shape index (κ3) is 4.95. The van der Waals surface area contributed by atoms with Crippen molar-refractivity contribution in [2.45, 2.75) is 83.1 Å². The van der Waals surface area contributed by atoms with Gasteiger partial charge in [0, 0.05) is 24.9 Å². The van der Waals surface area contributed by atoms with Crippen LogP contribution in [0.1, 0.15) is 59.3 Å². The van der Waals surface area contributed by atoms with E-state index in [1.165, 1.54) is 0 Å². The van der Waals surface area contributed by atoms with Gasteiger partial charge in [-0.25, -0.2) is 0 Å². The van der Waals surface area contributed by atoms with Crippen molar-refractivity contribution in [1.82, 2.24) is 10.2 Å². The average molecular weight is 502 g/mol. The lowest BCUT2D eigenvalue weighted by atomic mass is 9.70. The number of carbonyl (C=O) groups is 3. The number of aliphatic hydroxyl groups is 1. The first-order chi connectivity index (χ1) is 17.3. The summed E-state index contributed by atoms with van der Waals surface area (Å²) >= 11 is 0. The van der Waals surface area contributed by atoms with Crippen molar-refractivity contribution < 1.29 is 29.0 Å². The Morgan fingerprint density at radius 3 is 2.56 bits per heavy atom. The van der Waals surface area contributed by atoms with Gasteiger partial charge >= 0.3 is 0 Å². The lowest BCUT2D eigenvalue weighted by molar-refractivity contribution is -0.141. The van der Waals surface area contributed by atoms with Crippen molar-refractivity contribution in [2.24, 2.45) is 11.8 Å². The van der Waals surface area contributed by atoms with Crippen molar-refractivity contribution in [3.05, 3.63) is 24.3 Å². The summed E-state index contributed by atoms with van der Waals surface area (Å²) < 4.78 is 11.9. The molecule has 2 bridgehead atoms. The number of unbranched alkanes of at least 4 members (excludes halogenated alkanes) is 3. The molecular formula is C27H39N3O6. The Kier molecular flexibility index (Phi) is 8.20. The van der Waals surface area contributed by atoms with Crippen LogP contribution in [0.25, 0.3) is 0 Å². The zero-order chi connectivity index (χ0) is 25.9. The molecule has 3 amide bonds. The van der Waals surface area contributed by atoms with Gasteiger partial charge in [-0.3, -0.25) is 14.4 Å². The van der Waals surface area contributed by atoms with Crippen LogP contribution < -0.4 is 15.4 Å². The number of anilines is 1. The first-order valence-corrected chi connectivity index (χ1v) is 13.3. The largest absolute Gasteiger partial charge is 0.494 e. The number of fused-ring (bicyclic) bond motifs is 1. The minimum atomic E-state index is -0.980. The molecule has 2 unspecified atom stereocenters. The second-order valence-electron chi connectivity index (χ2n) is 10.3. The van der Waals surface area contributed by atoms with Gasteiger partial charge < -0.3 is 30.1 Å². The van der Waals surface area contributed by atoms with Crippen molar-refractivity contribution in [3.8, 4) is 5.75 Å². The Labute approximate surface area is 212 Å². The average Bonchev–Trinajstić information content (AvgIpc) is 3.47. The van der Waals surface area contributed by atoms with Crippen molar-refractivity contribution in [2.75, 3.05) is 25.1 Å². The monoisotopic (exact) mass is 501 g/mol. The molecule has 0 radical (unpaired) electrons. The molecule has 0 aliphatic carbocycles. The number of nitrogens with zero attached hydrogens (tertiary/aromatic N) is 1. The maximum absolute atomic E-state index is 13.8. The Morgan fingerprint density at radius 2 is 1.89 bits per heavy atom. The van der Waals surface area contributed by atoms with Gasteiger partial charge in [0.2, 0.25) is 17.7 Å². The maximum Gasteiger partial charge on any atom is 0.246 e. The van der Waals surface area contributed by atoms with Crippen molar-refractivity contribution in [3.63, 3.8) is 0 Å². The van der Waals surface area contributed by atoms with E-state index in [-0.39, 0.29) is 36.5 Å². The van der Waals surface area contributed by atoms with Gasteiger partial charge in [0.25, 0.3) is 0 Å². The van der Waals surface area contributed by atoms with E-state index in [9.17, 15) is 14.4 Å². The van der Waals surface area contributed by atoms with Crippen LogP contribution >= 0.6 is 0 Å². The quantitative estimate of drug-likeness (QED) is 0.379. The van der Waals surface area contributed by atoms with Gasteiger partial charge in [0.15, 0.2) is 0 Å². The van der Waals surface area contributed by atoms with E-state index in [1.807, 2.05) is 20.8 Å². The molecule has 3 aliphatic heterocycles. The first-order valence-electron chi connectivity index (χ1n) is 13.3. The Hall–Kier alpha value is -2.65. The van der Waals surface area contributed by atoms with Gasteiger partial charge in [-0.05, 0) is 70.7 Å². The molecule has 5 atom stereocenters. The molecule has 4 rings (SSSR count). The summed E-state index contributed by atoms with van der Waals surface area (Å²) in [5.74, 6) is -1.25. The van der Waals surface area contributed by atoms with Crippen LogP contribution in [0.15, 0.2) is 24.3 Å². The van der Waals surface area contributed by atoms with E-state index in [0.29, 0.717) is 31.7 Å². The summed E-state index contributed by atoms with van der Waals surface area (Å²) in [6.45, 7) is 6.83. The molecule has 198 valence electrons. The van der Waals surface area contributed by atoms with E-state index in [2.05, 4.69) is 10.6 Å². The molecule has 0 saturated carbocycles. The molecule has 3 N–H and O–H groups in total. The van der Waals surface area contributed by atoms with Crippen LogP contribution in [-0.2, 0) is 19.1 Å². The normalized spacial score (nSPS) is 28.5. The lowest BCUT2D eigenvalue weighted by Crippen LogP contribution is -2.56. The number of benzene rings is 1. The number of amides is 3. The molecule has 1 aromatic rings. The first kappa shape index (κ1) is 26.4. The highest BCUT2D eigenvalue weighted by Crippen LogP contribution is 2.58. The topological polar surface area (TPSA) is 117 Å². The second-order valence-corrected chi connectivity index (χ2v) is 10.3. The fraction of sp³-hybridized carbons (Fsp3) is 0.667. The third-order valence-electron chi connectivity index (χ3n) is 7.52. The number of nitrogens with one attached hydrogen (secondary N) is 2. The van der Waals surface area contributed by atoms with Crippen LogP contribution in [0.4, 0.5) is 5.69 Å². The number of rotatable bonds is 12. The van der Waals surface area contributed by atoms with Crippen molar-refractivity contribution in [1.29, 1.82) is 0 Å². The maximum atomic E-state index is 13.8. The summed E-state index contributed by atoms with van der Waals surface area (Å²) in [7, 11) is 0. The van der Waals surface area contributed by atoms with E-state index in [0.717, 1.165) is 31.4 Å². The Morgan fingerprint density at radius 1 is 1.17 bits per heavy atom. The summed E-state index contributed by atoms with van der Waals surface area (Å²) in [6, 6.07) is 6.32. The molecule has 3 fully saturated rings. The summed E-state index contributed by atoms with van der Waals surface area (Å²) in [4.78, 5) is 42.3. The molecular weight excluding hydrogens is 462 g/mol. The molecule has 3 saturated heterocycles. The van der Waals surface area contributed by atoms with Gasteiger partial charge in [-0.1, -0.05) is 12.8 Å². The van der Waals surface area contributed by atoms with Gasteiger partial charge in [0.1, 0.15) is 17.4 Å². The molecule has 9 nitrogen and oxygen atoms in total. The summed E-state index contributed by atoms with van der Waals surface area (Å²) in [5.41, 5.74) is -0.354. The zero-order valence-electron chi connectivity index (χ0n) is 21.5. The molecule has 1 spiro atoms. The van der Waals surface area contributed by atoms with E-state index in [1.54, 1.807) is 29.2 Å². The minimum absolute atomic E-state index is 0.0770. The standard InChI is InChI=1S/C27H39N3O6/c1-4-35-19-11-9-18(10-12-19)29-24(32)21-20-13-14-27(36-20)22(21)26(34)30(15-7-5-6-8-16-31)23(27)25(33)28-17(2)3/h9-12,17,20-23,31H,4-8,13-16H2,1-3H3,(H,28,33)(H,29,32)/t20-,21+,22-,23?,27?/m0/s1. The highest BCUT2D eigenvalue weighted by molar-refractivity contribution is 6.02. The van der Waals surface area contributed by atoms with E-state index < -0.39 is 23.5 Å². The van der Waals surface area contributed by atoms with Crippen LogP contribution in [0.3, 0.4) is 0 Å². The molecule has 1 aromatic carbocycles. The number of hydrogen-bond donors (Lipinski definition) is 3. The highest BCUT2D eigenvalue weighted by Gasteiger charge is 2.74. The Balaban J connectivity index is 1.55. The van der Waals surface area contributed by atoms with Crippen LogP contribution in [0.5, 0.6) is 5.75 Å². The number of hydrogen-bond acceptors (Lipinski definition) is 6. The fourth-order valence-electron chi connectivity index (χ4n) is 6.13. The predicted octanol–water partition coefficient (Wildman–Crippen LogP) is 2.48. The third-order valence-corrected chi connectivity index (χ3v) is 7.52. The van der Waals surface area contributed by atoms with Gasteiger partial charge in [0.05, 0.1) is 24.5 Å². The Bertz CT molecular complexity index is 951. The van der Waals surface area contributed by atoms with Crippen LogP contribution in [0.2, 0.25) is 0 Å². The second kappa shape index (κ2) is 11.2. The molecule has 9 heteroatoms. The highest BCUT2D eigenvalue weighted by atomic mass is 16.5. The summed E-state index contributed by atoms with van der Waals surface area (Å²) in [5, 5.41) is 15.0. The van der Waals surface area contributed by atoms with Gasteiger partial charge in [-0.2, -0.15) is 0 Å². The van der Waals surface area contributed by atoms with Crippen molar-refractivity contribution >= 4 is 23.4 Å². The van der Waals surface area contributed by atoms with E-state index >= 15 is 0 Å². The number of carbonyl (C=O) groups excluding carboxylic acids is 3. The number of aliphatic hydroxyl groups excluding tert-OH is 1. The number of likely N-dealkylation sites (tertiary alicyclic amines) is 1. The molecule has 3 heterocycles. The van der Waals surface area contributed by atoms with E-state index in [4.69, 9.17) is 14.6 Å². The number of ether oxygens (including phenoxy) is 2. The smallest absolute Gasteiger partial charge is 0.246 e.